The van der Waals surface area contributed by atoms with Crippen molar-refractivity contribution in [3.05, 3.63) is 0 Å². The highest BCUT2D eigenvalue weighted by molar-refractivity contribution is 4.89. The Balaban J connectivity index is 2.59. The van der Waals surface area contributed by atoms with Crippen molar-refractivity contribution in [1.82, 2.24) is 10.2 Å². The molecule has 0 aliphatic heterocycles. The van der Waals surface area contributed by atoms with Crippen molar-refractivity contribution in [1.29, 1.82) is 0 Å². The first kappa shape index (κ1) is 18.0. The van der Waals surface area contributed by atoms with Crippen LogP contribution in [0.1, 0.15) is 66.7 Å². The van der Waals surface area contributed by atoms with E-state index in [9.17, 15) is 0 Å². The predicted molar refractivity (Wildman–Crippen MR) is 90.2 cm³/mol. The molecule has 0 unspecified atom stereocenters. The van der Waals surface area contributed by atoms with Crippen LogP contribution in [0.4, 0.5) is 0 Å². The fourth-order valence-corrected chi connectivity index (χ4v) is 3.76. The lowest BCUT2D eigenvalue weighted by Crippen LogP contribution is -2.45. The van der Waals surface area contributed by atoms with Gasteiger partial charge in [-0.25, -0.2) is 0 Å². The Bertz CT molecular complexity index is 232. The lowest BCUT2D eigenvalue weighted by Gasteiger charge is -2.37. The van der Waals surface area contributed by atoms with Gasteiger partial charge in [0.1, 0.15) is 0 Å². The number of hydrogen-bond acceptors (Lipinski definition) is 2. The van der Waals surface area contributed by atoms with Crippen LogP contribution in [0.2, 0.25) is 0 Å². The summed E-state index contributed by atoms with van der Waals surface area (Å²) >= 11 is 0. The fraction of sp³-hybridized carbons (Fsp3) is 1.00. The second-order valence-corrected chi connectivity index (χ2v) is 7.87. The Kier molecular flexibility index (Phi) is 8.13. The molecule has 0 aromatic rings. The van der Waals surface area contributed by atoms with Gasteiger partial charge in [-0.3, -0.25) is 0 Å². The molecule has 0 saturated heterocycles. The van der Waals surface area contributed by atoms with Gasteiger partial charge in [0.25, 0.3) is 0 Å². The SMILES string of the molecule is CCCNCC1(CN(CC(C)C)CC(C)C)CCCC1. The third-order valence-electron chi connectivity index (χ3n) is 4.40. The Labute approximate surface area is 127 Å². The van der Waals surface area contributed by atoms with E-state index in [0.717, 1.165) is 11.8 Å². The van der Waals surface area contributed by atoms with E-state index < -0.39 is 0 Å². The largest absolute Gasteiger partial charge is 0.316 e. The molecule has 0 spiro atoms. The van der Waals surface area contributed by atoms with Gasteiger partial charge in [0.05, 0.1) is 0 Å². The van der Waals surface area contributed by atoms with Gasteiger partial charge in [-0.05, 0) is 43.1 Å². The number of hydrogen-bond donors (Lipinski definition) is 1. The van der Waals surface area contributed by atoms with Crippen LogP contribution < -0.4 is 5.32 Å². The normalized spacial score (nSPS) is 18.6. The van der Waals surface area contributed by atoms with Crippen LogP contribution in [-0.4, -0.2) is 37.6 Å². The van der Waals surface area contributed by atoms with E-state index >= 15 is 0 Å². The first-order valence-electron chi connectivity index (χ1n) is 8.90. The van der Waals surface area contributed by atoms with Gasteiger partial charge in [0.15, 0.2) is 0 Å². The van der Waals surface area contributed by atoms with Crippen molar-refractivity contribution in [2.75, 3.05) is 32.7 Å². The van der Waals surface area contributed by atoms with Crippen LogP contribution >= 0.6 is 0 Å². The van der Waals surface area contributed by atoms with Crippen molar-refractivity contribution in [3.63, 3.8) is 0 Å². The molecule has 120 valence electrons. The third-order valence-corrected chi connectivity index (χ3v) is 4.40. The minimum absolute atomic E-state index is 0.555. The Morgan fingerprint density at radius 1 is 1.00 bits per heavy atom. The molecule has 0 bridgehead atoms. The summed E-state index contributed by atoms with van der Waals surface area (Å²) in [5.41, 5.74) is 0.555. The maximum atomic E-state index is 3.70. The Hall–Kier alpha value is -0.0800. The maximum absolute atomic E-state index is 3.70. The van der Waals surface area contributed by atoms with E-state index in [4.69, 9.17) is 0 Å². The molecule has 2 heteroatoms. The Morgan fingerprint density at radius 3 is 2.00 bits per heavy atom. The van der Waals surface area contributed by atoms with Crippen molar-refractivity contribution < 1.29 is 0 Å². The molecule has 0 aromatic carbocycles. The van der Waals surface area contributed by atoms with E-state index in [2.05, 4.69) is 44.8 Å². The summed E-state index contributed by atoms with van der Waals surface area (Å²) in [7, 11) is 0. The molecular weight excluding hydrogens is 244 g/mol. The highest BCUT2D eigenvalue weighted by Gasteiger charge is 2.35. The average molecular weight is 283 g/mol. The fourth-order valence-electron chi connectivity index (χ4n) is 3.76. The van der Waals surface area contributed by atoms with Crippen molar-refractivity contribution in [3.8, 4) is 0 Å². The molecule has 1 rings (SSSR count). The summed E-state index contributed by atoms with van der Waals surface area (Å²) in [4.78, 5) is 2.74. The molecule has 0 amide bonds. The maximum Gasteiger partial charge on any atom is 0.00504 e. The van der Waals surface area contributed by atoms with Gasteiger partial charge in [0.2, 0.25) is 0 Å². The molecule has 0 heterocycles. The minimum Gasteiger partial charge on any atom is -0.316 e. The smallest absolute Gasteiger partial charge is 0.00504 e. The predicted octanol–water partition coefficient (Wildman–Crippen LogP) is 4.16. The summed E-state index contributed by atoms with van der Waals surface area (Å²) in [5.74, 6) is 1.55. The molecule has 1 aliphatic carbocycles. The molecule has 0 radical (unpaired) electrons. The second kappa shape index (κ2) is 9.04. The standard InChI is InChI=1S/C18H38N2/c1-6-11-19-14-18(9-7-8-10-18)15-20(12-16(2)3)13-17(4)5/h16-17,19H,6-15H2,1-5H3. The molecule has 0 aromatic heterocycles. The summed E-state index contributed by atoms with van der Waals surface area (Å²) in [5, 5.41) is 3.70. The zero-order chi connectivity index (χ0) is 15.0. The lowest BCUT2D eigenvalue weighted by atomic mass is 9.85. The molecule has 1 aliphatic rings. The van der Waals surface area contributed by atoms with Crippen LogP contribution in [-0.2, 0) is 0 Å². The monoisotopic (exact) mass is 282 g/mol. The second-order valence-electron chi connectivity index (χ2n) is 7.87. The zero-order valence-corrected chi connectivity index (χ0v) is 14.7. The van der Waals surface area contributed by atoms with Gasteiger partial charge >= 0.3 is 0 Å². The number of nitrogens with one attached hydrogen (secondary N) is 1. The van der Waals surface area contributed by atoms with E-state index in [1.165, 1.54) is 64.8 Å². The summed E-state index contributed by atoms with van der Waals surface area (Å²) < 4.78 is 0. The van der Waals surface area contributed by atoms with Gasteiger partial charge < -0.3 is 10.2 Å². The molecule has 1 saturated carbocycles. The molecular formula is C18H38N2. The van der Waals surface area contributed by atoms with Crippen molar-refractivity contribution in [2.24, 2.45) is 17.3 Å². The highest BCUT2D eigenvalue weighted by Crippen LogP contribution is 2.38. The van der Waals surface area contributed by atoms with E-state index in [0.29, 0.717) is 5.41 Å². The summed E-state index contributed by atoms with van der Waals surface area (Å²) in [6.07, 6.45) is 6.97. The number of nitrogens with zero attached hydrogens (tertiary/aromatic N) is 1. The first-order chi connectivity index (χ1) is 9.47. The average Bonchev–Trinajstić information content (AvgIpc) is 2.76. The van der Waals surface area contributed by atoms with Crippen LogP contribution in [0.15, 0.2) is 0 Å². The van der Waals surface area contributed by atoms with Gasteiger partial charge in [0, 0.05) is 26.2 Å². The van der Waals surface area contributed by atoms with Crippen molar-refractivity contribution in [2.45, 2.75) is 66.7 Å². The Morgan fingerprint density at radius 2 is 1.55 bits per heavy atom. The number of rotatable bonds is 10. The van der Waals surface area contributed by atoms with Crippen molar-refractivity contribution >= 4 is 0 Å². The van der Waals surface area contributed by atoms with E-state index in [-0.39, 0.29) is 0 Å². The topological polar surface area (TPSA) is 15.3 Å². The van der Waals surface area contributed by atoms with Crippen LogP contribution in [0.5, 0.6) is 0 Å². The summed E-state index contributed by atoms with van der Waals surface area (Å²) in [6.45, 7) is 17.9. The first-order valence-corrected chi connectivity index (χ1v) is 8.90. The van der Waals surface area contributed by atoms with Crippen LogP contribution in [0, 0.1) is 17.3 Å². The van der Waals surface area contributed by atoms with Gasteiger partial charge in [-0.1, -0.05) is 47.5 Å². The molecule has 1 fully saturated rings. The zero-order valence-electron chi connectivity index (χ0n) is 14.7. The van der Waals surface area contributed by atoms with Crippen LogP contribution in [0.25, 0.3) is 0 Å². The minimum atomic E-state index is 0.555. The van der Waals surface area contributed by atoms with E-state index in [1.54, 1.807) is 0 Å². The molecule has 2 nitrogen and oxygen atoms in total. The molecule has 20 heavy (non-hydrogen) atoms. The molecule has 0 atom stereocenters. The lowest BCUT2D eigenvalue weighted by molar-refractivity contribution is 0.125. The van der Waals surface area contributed by atoms with Gasteiger partial charge in [-0.15, -0.1) is 0 Å². The highest BCUT2D eigenvalue weighted by atomic mass is 15.1. The third kappa shape index (κ3) is 6.58. The van der Waals surface area contributed by atoms with Crippen LogP contribution in [0.3, 0.4) is 0 Å². The van der Waals surface area contributed by atoms with Gasteiger partial charge in [-0.2, -0.15) is 0 Å². The molecule has 1 N–H and O–H groups in total. The summed E-state index contributed by atoms with van der Waals surface area (Å²) in [6, 6.07) is 0. The van der Waals surface area contributed by atoms with E-state index in [1.807, 2.05) is 0 Å². The quantitative estimate of drug-likeness (QED) is 0.605.